The van der Waals surface area contributed by atoms with Crippen LogP contribution in [0.25, 0.3) is 0 Å². The lowest BCUT2D eigenvalue weighted by molar-refractivity contribution is -0.141. The summed E-state index contributed by atoms with van der Waals surface area (Å²) in [6.07, 6.45) is -1.17. The Hall–Kier alpha value is -1.37. The molecule has 1 saturated heterocycles. The van der Waals surface area contributed by atoms with E-state index in [4.69, 9.17) is 4.74 Å². The number of nitrogens with one attached hydrogen (secondary N) is 1. The summed E-state index contributed by atoms with van der Waals surface area (Å²) in [6, 6.07) is 2.30. The van der Waals surface area contributed by atoms with Crippen LogP contribution in [0.4, 0.5) is 13.2 Å². The Bertz CT molecular complexity index is 374. The van der Waals surface area contributed by atoms with Crippen molar-refractivity contribution in [2.45, 2.75) is 31.5 Å². The number of nitrogens with zero attached hydrogens (tertiary/aromatic N) is 2. The topological polar surface area (TPSA) is 47.0 Å². The second kappa shape index (κ2) is 5.51. The molecule has 0 bridgehead atoms. The molecule has 1 atom stereocenters. The maximum atomic E-state index is 12.2. The van der Waals surface area contributed by atoms with Gasteiger partial charge in [-0.15, -0.1) is 10.2 Å². The Morgan fingerprint density at radius 1 is 1.28 bits per heavy atom. The number of halogens is 3. The summed E-state index contributed by atoms with van der Waals surface area (Å²) in [5.74, 6) is 0.121. The SMILES string of the molecule is FC(F)(F)c1ccc(OCC2CCCCN2)nn1. The molecule has 1 unspecified atom stereocenters. The molecule has 1 aromatic rings. The van der Waals surface area contributed by atoms with Crippen LogP contribution in [0.2, 0.25) is 0 Å². The Morgan fingerprint density at radius 2 is 2.11 bits per heavy atom. The highest BCUT2D eigenvalue weighted by molar-refractivity contribution is 5.13. The van der Waals surface area contributed by atoms with Crippen LogP contribution in [0.5, 0.6) is 5.88 Å². The van der Waals surface area contributed by atoms with Crippen LogP contribution in [0.15, 0.2) is 12.1 Å². The summed E-state index contributed by atoms with van der Waals surface area (Å²) in [5, 5.41) is 9.77. The minimum Gasteiger partial charge on any atom is -0.475 e. The highest BCUT2D eigenvalue weighted by atomic mass is 19.4. The summed E-state index contributed by atoms with van der Waals surface area (Å²) in [6.45, 7) is 1.35. The van der Waals surface area contributed by atoms with E-state index < -0.39 is 11.9 Å². The van der Waals surface area contributed by atoms with Gasteiger partial charge in [-0.25, -0.2) is 0 Å². The molecule has 18 heavy (non-hydrogen) atoms. The largest absolute Gasteiger partial charge is 0.475 e. The summed E-state index contributed by atoms with van der Waals surface area (Å²) >= 11 is 0. The number of piperidine rings is 1. The summed E-state index contributed by atoms with van der Waals surface area (Å²) in [4.78, 5) is 0. The van der Waals surface area contributed by atoms with Gasteiger partial charge in [-0.2, -0.15) is 13.2 Å². The summed E-state index contributed by atoms with van der Waals surface area (Å²) < 4.78 is 42.0. The Morgan fingerprint density at radius 3 is 2.67 bits per heavy atom. The molecule has 0 radical (unpaired) electrons. The minimum absolute atomic E-state index is 0.121. The van der Waals surface area contributed by atoms with Gasteiger partial charge in [0.1, 0.15) is 6.61 Å². The first-order chi connectivity index (χ1) is 8.55. The van der Waals surface area contributed by atoms with Crippen LogP contribution in [-0.2, 0) is 6.18 Å². The zero-order valence-corrected chi connectivity index (χ0v) is 9.70. The third-order valence-electron chi connectivity index (χ3n) is 2.78. The third-order valence-corrected chi connectivity index (χ3v) is 2.78. The van der Waals surface area contributed by atoms with Crippen molar-refractivity contribution < 1.29 is 17.9 Å². The van der Waals surface area contributed by atoms with Gasteiger partial charge in [-0.05, 0) is 25.5 Å². The quantitative estimate of drug-likeness (QED) is 0.904. The Kier molecular flexibility index (Phi) is 4.00. The van der Waals surface area contributed by atoms with E-state index in [0.717, 1.165) is 31.9 Å². The maximum absolute atomic E-state index is 12.2. The van der Waals surface area contributed by atoms with Gasteiger partial charge in [0.2, 0.25) is 5.88 Å². The van der Waals surface area contributed by atoms with Crippen LogP contribution in [0.3, 0.4) is 0 Å². The number of hydrogen-bond donors (Lipinski definition) is 1. The molecule has 4 nitrogen and oxygen atoms in total. The van der Waals surface area contributed by atoms with E-state index in [1.54, 1.807) is 0 Å². The van der Waals surface area contributed by atoms with Crippen LogP contribution in [-0.4, -0.2) is 29.4 Å². The summed E-state index contributed by atoms with van der Waals surface area (Å²) in [7, 11) is 0. The number of alkyl halides is 3. The van der Waals surface area contributed by atoms with E-state index in [1.807, 2.05) is 0 Å². The summed E-state index contributed by atoms with van der Waals surface area (Å²) in [5.41, 5.74) is -1.01. The third kappa shape index (κ3) is 3.56. The molecule has 2 rings (SSSR count). The molecule has 0 saturated carbocycles. The van der Waals surface area contributed by atoms with E-state index in [-0.39, 0.29) is 11.9 Å². The molecule has 0 aliphatic carbocycles. The van der Waals surface area contributed by atoms with Crippen molar-refractivity contribution in [3.05, 3.63) is 17.8 Å². The fraction of sp³-hybridized carbons (Fsp3) is 0.636. The van der Waals surface area contributed by atoms with Crippen LogP contribution < -0.4 is 10.1 Å². The van der Waals surface area contributed by atoms with Crippen molar-refractivity contribution in [1.29, 1.82) is 0 Å². The van der Waals surface area contributed by atoms with Crippen LogP contribution in [0.1, 0.15) is 25.0 Å². The first-order valence-corrected chi connectivity index (χ1v) is 5.83. The Labute approximate surface area is 103 Å². The van der Waals surface area contributed by atoms with Crippen molar-refractivity contribution in [3.8, 4) is 5.88 Å². The van der Waals surface area contributed by atoms with Crippen LogP contribution in [0, 0.1) is 0 Å². The van der Waals surface area contributed by atoms with Gasteiger partial charge < -0.3 is 10.1 Å². The molecule has 0 spiro atoms. The van der Waals surface area contributed by atoms with Gasteiger partial charge in [0.15, 0.2) is 5.69 Å². The van der Waals surface area contributed by atoms with Crippen molar-refractivity contribution >= 4 is 0 Å². The van der Waals surface area contributed by atoms with Crippen LogP contribution >= 0.6 is 0 Å². The second-order valence-corrected chi connectivity index (χ2v) is 4.21. The number of ether oxygens (including phenoxy) is 1. The smallest absolute Gasteiger partial charge is 0.435 e. The molecule has 1 aliphatic rings. The molecule has 100 valence electrons. The van der Waals surface area contributed by atoms with Crippen molar-refractivity contribution in [3.63, 3.8) is 0 Å². The van der Waals surface area contributed by atoms with Crippen molar-refractivity contribution in [1.82, 2.24) is 15.5 Å². The molecule has 0 aromatic carbocycles. The van der Waals surface area contributed by atoms with Gasteiger partial charge >= 0.3 is 6.18 Å². The van der Waals surface area contributed by atoms with Crippen molar-refractivity contribution in [2.24, 2.45) is 0 Å². The minimum atomic E-state index is -4.46. The van der Waals surface area contributed by atoms with E-state index >= 15 is 0 Å². The van der Waals surface area contributed by atoms with Crippen molar-refractivity contribution in [2.75, 3.05) is 13.2 Å². The predicted molar refractivity (Wildman–Crippen MR) is 58.2 cm³/mol. The molecule has 1 fully saturated rings. The van der Waals surface area contributed by atoms with Gasteiger partial charge in [-0.1, -0.05) is 6.42 Å². The molecule has 1 N–H and O–H groups in total. The van der Waals surface area contributed by atoms with E-state index in [2.05, 4.69) is 15.5 Å². The molecule has 0 amide bonds. The molecular formula is C11H14F3N3O. The van der Waals surface area contributed by atoms with Gasteiger partial charge in [0, 0.05) is 12.1 Å². The van der Waals surface area contributed by atoms with E-state index in [0.29, 0.717) is 6.61 Å². The predicted octanol–water partition coefficient (Wildman–Crippen LogP) is 2.02. The molecule has 1 aliphatic heterocycles. The fourth-order valence-electron chi connectivity index (χ4n) is 1.80. The monoisotopic (exact) mass is 261 g/mol. The average Bonchev–Trinajstić information content (AvgIpc) is 2.37. The molecule has 2 heterocycles. The number of aromatic nitrogens is 2. The zero-order valence-electron chi connectivity index (χ0n) is 9.70. The lowest BCUT2D eigenvalue weighted by atomic mass is 10.1. The number of rotatable bonds is 3. The van der Waals surface area contributed by atoms with Gasteiger partial charge in [0.05, 0.1) is 0 Å². The molecule has 7 heteroatoms. The van der Waals surface area contributed by atoms with Gasteiger partial charge in [-0.3, -0.25) is 0 Å². The normalized spacial score (nSPS) is 20.7. The highest BCUT2D eigenvalue weighted by Gasteiger charge is 2.32. The highest BCUT2D eigenvalue weighted by Crippen LogP contribution is 2.27. The second-order valence-electron chi connectivity index (χ2n) is 4.21. The maximum Gasteiger partial charge on any atom is 0.435 e. The lowest BCUT2D eigenvalue weighted by Gasteiger charge is -2.23. The fourth-order valence-corrected chi connectivity index (χ4v) is 1.80. The molecular weight excluding hydrogens is 247 g/mol. The first-order valence-electron chi connectivity index (χ1n) is 5.83. The first kappa shape index (κ1) is 13.1. The lowest BCUT2D eigenvalue weighted by Crippen LogP contribution is -2.38. The zero-order chi connectivity index (χ0) is 13.0. The Balaban J connectivity index is 1.86. The standard InChI is InChI=1S/C11H14F3N3O/c12-11(13,14)9-4-5-10(17-16-9)18-7-8-3-1-2-6-15-8/h4-5,8,15H,1-3,6-7H2. The number of hydrogen-bond acceptors (Lipinski definition) is 4. The average molecular weight is 261 g/mol. The van der Waals surface area contributed by atoms with E-state index in [9.17, 15) is 13.2 Å². The van der Waals surface area contributed by atoms with E-state index in [1.165, 1.54) is 6.07 Å². The molecule has 1 aromatic heterocycles. The van der Waals surface area contributed by atoms with Gasteiger partial charge in [0.25, 0.3) is 0 Å².